The van der Waals surface area contributed by atoms with E-state index in [4.69, 9.17) is 4.74 Å². The number of methoxy groups -OCH3 is 1. The van der Waals surface area contributed by atoms with Gasteiger partial charge in [-0.05, 0) is 98.2 Å². The van der Waals surface area contributed by atoms with Crippen LogP contribution in [0.15, 0.2) is 71.5 Å². The smallest absolute Gasteiger partial charge is 0.342 e. The van der Waals surface area contributed by atoms with Gasteiger partial charge in [0.15, 0.2) is 5.43 Å². The second-order valence-corrected chi connectivity index (χ2v) is 15.3. The van der Waals surface area contributed by atoms with E-state index in [1.807, 2.05) is 30.9 Å². The van der Waals surface area contributed by atoms with Crippen LogP contribution in [0.2, 0.25) is 0 Å². The van der Waals surface area contributed by atoms with Crippen LogP contribution >= 0.6 is 0 Å². The van der Waals surface area contributed by atoms with Crippen LogP contribution in [0.1, 0.15) is 104 Å². The van der Waals surface area contributed by atoms with Crippen LogP contribution in [-0.2, 0) is 17.6 Å². The van der Waals surface area contributed by atoms with Gasteiger partial charge in [0.05, 0.1) is 41.3 Å². The maximum atomic E-state index is 14.7. The lowest BCUT2D eigenvalue weighted by atomic mass is 10.0. The SMILES string of the molecule is CCc1cc2c(=O)c3c4ccc(C#N)cc4[nH]c3n(C3CCCC3)c2cc1F.CCc1ccc(N(c2[nH]c3cc(C#N)ccc3c2C(=O)OC)C2CCCC2)cc1F. The molecule has 7 aromatic rings. The Morgan fingerprint density at radius 3 is 2.03 bits per heavy atom. The Labute approximate surface area is 334 Å². The number of pyridine rings is 1. The van der Waals surface area contributed by atoms with Gasteiger partial charge in [0.2, 0.25) is 0 Å². The second-order valence-electron chi connectivity index (χ2n) is 15.3. The van der Waals surface area contributed by atoms with E-state index in [-0.39, 0.29) is 29.1 Å². The third-order valence-corrected chi connectivity index (χ3v) is 12.0. The molecule has 3 heterocycles. The lowest BCUT2D eigenvalue weighted by Gasteiger charge is -2.31. The average Bonchev–Trinajstić information content (AvgIpc) is 4.08. The molecule has 58 heavy (non-hydrogen) atoms. The van der Waals surface area contributed by atoms with Crippen molar-refractivity contribution in [3.05, 3.63) is 116 Å². The molecule has 2 aliphatic rings. The molecule has 0 amide bonds. The number of carbonyl (C=O) groups is 1. The fourth-order valence-corrected chi connectivity index (χ4v) is 9.12. The molecule has 0 aliphatic heterocycles. The predicted molar refractivity (Wildman–Crippen MR) is 224 cm³/mol. The van der Waals surface area contributed by atoms with Gasteiger partial charge in [-0.25, -0.2) is 13.6 Å². The summed E-state index contributed by atoms with van der Waals surface area (Å²) in [6.45, 7) is 3.82. The lowest BCUT2D eigenvalue weighted by Crippen LogP contribution is -2.30. The number of aryl methyl sites for hydroxylation is 2. The van der Waals surface area contributed by atoms with Crippen molar-refractivity contribution < 1.29 is 18.3 Å². The summed E-state index contributed by atoms with van der Waals surface area (Å²) in [4.78, 5) is 35.0. The zero-order chi connectivity index (χ0) is 40.7. The average molecular weight is 779 g/mol. The molecule has 0 radical (unpaired) electrons. The van der Waals surface area contributed by atoms with Crippen molar-refractivity contribution in [2.45, 2.75) is 90.1 Å². The minimum absolute atomic E-state index is 0.0788. The van der Waals surface area contributed by atoms with Gasteiger partial charge in [-0.3, -0.25) is 4.79 Å². The van der Waals surface area contributed by atoms with Gasteiger partial charge in [0.1, 0.15) is 28.7 Å². The molecule has 3 aromatic heterocycles. The van der Waals surface area contributed by atoms with Crippen molar-refractivity contribution in [2.24, 2.45) is 0 Å². The first-order valence-electron chi connectivity index (χ1n) is 20.1. The topological polar surface area (TPSA) is 131 Å². The highest BCUT2D eigenvalue weighted by Gasteiger charge is 2.31. The minimum Gasteiger partial charge on any atom is -0.465 e. The van der Waals surface area contributed by atoms with Crippen molar-refractivity contribution in [1.82, 2.24) is 14.5 Å². The summed E-state index contributed by atoms with van der Waals surface area (Å²) < 4.78 is 36.6. The quantitative estimate of drug-likeness (QED) is 0.155. The number of esters is 1. The highest BCUT2D eigenvalue weighted by Crippen LogP contribution is 2.41. The predicted octanol–water partition coefficient (Wildman–Crippen LogP) is 10.9. The molecule has 4 aromatic carbocycles. The molecule has 2 aliphatic carbocycles. The summed E-state index contributed by atoms with van der Waals surface area (Å²) in [5, 5.41) is 21.2. The van der Waals surface area contributed by atoms with E-state index < -0.39 is 5.97 Å². The van der Waals surface area contributed by atoms with E-state index in [2.05, 4.69) is 26.7 Å². The molecule has 0 saturated heterocycles. The Bertz CT molecular complexity index is 2880. The molecule has 11 heteroatoms. The van der Waals surface area contributed by atoms with Gasteiger partial charge < -0.3 is 24.2 Å². The summed E-state index contributed by atoms with van der Waals surface area (Å²) in [7, 11) is 1.35. The van der Waals surface area contributed by atoms with Crippen LogP contribution < -0.4 is 10.3 Å². The van der Waals surface area contributed by atoms with Crippen molar-refractivity contribution in [3.8, 4) is 12.1 Å². The highest BCUT2D eigenvalue weighted by molar-refractivity contribution is 6.11. The Morgan fingerprint density at radius 2 is 1.41 bits per heavy atom. The number of aromatic nitrogens is 3. The summed E-state index contributed by atoms with van der Waals surface area (Å²) >= 11 is 0. The van der Waals surface area contributed by atoms with Crippen LogP contribution in [0, 0.1) is 34.3 Å². The van der Waals surface area contributed by atoms with E-state index in [0.717, 1.165) is 67.9 Å². The van der Waals surface area contributed by atoms with Crippen LogP contribution in [0.5, 0.6) is 0 Å². The maximum absolute atomic E-state index is 14.7. The number of carbonyl (C=O) groups excluding carboxylic acids is 1. The normalized spacial score (nSPS) is 14.5. The number of hydrogen-bond acceptors (Lipinski definition) is 6. The van der Waals surface area contributed by atoms with E-state index in [1.54, 1.807) is 48.5 Å². The Balaban J connectivity index is 0.000000162. The van der Waals surface area contributed by atoms with Gasteiger partial charge in [-0.1, -0.05) is 57.7 Å². The molecule has 2 saturated carbocycles. The van der Waals surface area contributed by atoms with Gasteiger partial charge in [0, 0.05) is 45.0 Å². The first-order valence-corrected chi connectivity index (χ1v) is 20.1. The second kappa shape index (κ2) is 15.8. The molecule has 2 N–H and O–H groups in total. The molecule has 2 fully saturated rings. The van der Waals surface area contributed by atoms with Gasteiger partial charge in [-0.15, -0.1) is 0 Å². The van der Waals surface area contributed by atoms with Gasteiger partial charge in [-0.2, -0.15) is 10.5 Å². The fourth-order valence-electron chi connectivity index (χ4n) is 9.12. The van der Waals surface area contributed by atoms with Crippen LogP contribution in [0.4, 0.5) is 20.3 Å². The highest BCUT2D eigenvalue weighted by atomic mass is 19.1. The minimum atomic E-state index is -0.463. The van der Waals surface area contributed by atoms with Gasteiger partial charge >= 0.3 is 5.97 Å². The number of nitriles is 2. The van der Waals surface area contributed by atoms with Crippen molar-refractivity contribution in [1.29, 1.82) is 10.5 Å². The first-order chi connectivity index (χ1) is 28.2. The molecular weight excluding hydrogens is 735 g/mol. The number of benzene rings is 4. The molecule has 0 spiro atoms. The number of H-pyrrole nitrogens is 2. The number of fused-ring (bicyclic) bond motifs is 5. The number of nitrogens with zero attached hydrogens (tertiary/aromatic N) is 4. The monoisotopic (exact) mass is 778 g/mol. The molecule has 0 bridgehead atoms. The Morgan fingerprint density at radius 1 is 0.793 bits per heavy atom. The molecule has 9 nitrogen and oxygen atoms in total. The molecule has 294 valence electrons. The number of halogens is 2. The van der Waals surface area contributed by atoms with Crippen LogP contribution in [0.25, 0.3) is 43.7 Å². The largest absolute Gasteiger partial charge is 0.465 e. The van der Waals surface area contributed by atoms with E-state index in [9.17, 15) is 28.9 Å². The number of rotatable bonds is 7. The summed E-state index contributed by atoms with van der Waals surface area (Å²) in [6.07, 6.45) is 9.54. The first kappa shape index (κ1) is 38.4. The number of ether oxygens (including phenoxy) is 1. The summed E-state index contributed by atoms with van der Waals surface area (Å²) in [6, 6.07) is 23.7. The number of anilines is 2. The number of aromatic amines is 2. The van der Waals surface area contributed by atoms with Crippen molar-refractivity contribution >= 4 is 61.2 Å². The Hall–Kier alpha value is -6.46. The maximum Gasteiger partial charge on any atom is 0.342 e. The summed E-state index contributed by atoms with van der Waals surface area (Å²) in [5.74, 6) is -0.388. The third-order valence-electron chi connectivity index (χ3n) is 12.0. The molecule has 0 atom stereocenters. The van der Waals surface area contributed by atoms with Crippen LogP contribution in [0.3, 0.4) is 0 Å². The molecule has 9 rings (SSSR count). The number of hydrogen-bond donors (Lipinski definition) is 2. The lowest BCUT2D eigenvalue weighted by molar-refractivity contribution is 0.0603. The summed E-state index contributed by atoms with van der Waals surface area (Å²) in [5.41, 5.74) is 6.14. The Kier molecular flexibility index (Phi) is 10.5. The van der Waals surface area contributed by atoms with E-state index in [0.29, 0.717) is 79.4 Å². The van der Waals surface area contributed by atoms with E-state index in [1.165, 1.54) is 13.2 Å². The zero-order valence-corrected chi connectivity index (χ0v) is 32.8. The molecule has 0 unspecified atom stereocenters. The fraction of sp³-hybridized carbons (Fsp3) is 0.319. The van der Waals surface area contributed by atoms with Crippen molar-refractivity contribution in [3.63, 3.8) is 0 Å². The van der Waals surface area contributed by atoms with E-state index >= 15 is 0 Å². The molecular formula is C47H44F2N6O3. The van der Waals surface area contributed by atoms with Crippen molar-refractivity contribution in [2.75, 3.05) is 12.0 Å². The van der Waals surface area contributed by atoms with Gasteiger partial charge in [0.25, 0.3) is 0 Å². The standard InChI is InChI=1S/C24H24FN3O2.C23H20FN3O/c1-3-16-9-10-18(13-20(16)25)28(17-6-4-5-7-17)23-22(24(29)30-2)19-11-8-15(14-26)12-21(19)27-23;1-2-14-10-17-20(11-18(14)24)27(15-5-3-4-6-15)23-21(22(17)28)16-8-7-13(12-25)9-19(16)26-23/h8-13,17,27H,3-7H2,1-2H3;7-11,15,26H,2-6H2,1H3. The third kappa shape index (κ3) is 6.64. The van der Waals surface area contributed by atoms with Crippen LogP contribution in [-0.4, -0.2) is 33.7 Å². The number of nitrogens with one attached hydrogen (secondary N) is 2. The zero-order valence-electron chi connectivity index (χ0n) is 32.8.